The van der Waals surface area contributed by atoms with Crippen LogP contribution in [0.5, 0.6) is 0 Å². The van der Waals surface area contributed by atoms with Crippen molar-refractivity contribution in [1.29, 1.82) is 0 Å². The van der Waals surface area contributed by atoms with Gasteiger partial charge in [0.25, 0.3) is 0 Å². The highest BCUT2D eigenvalue weighted by Gasteiger charge is 2.60. The van der Waals surface area contributed by atoms with Crippen LogP contribution < -0.4 is 5.73 Å². The molecule has 98 valence electrons. The molecule has 1 aliphatic rings. The van der Waals surface area contributed by atoms with Crippen molar-refractivity contribution in [2.24, 2.45) is 5.92 Å². The molecule has 0 aliphatic heterocycles. The molecule has 0 spiro atoms. The zero-order chi connectivity index (χ0) is 13.7. The number of anilines is 1. The van der Waals surface area contributed by atoms with E-state index >= 15 is 0 Å². The Morgan fingerprint density at radius 1 is 1.50 bits per heavy atom. The summed E-state index contributed by atoms with van der Waals surface area (Å²) >= 11 is 0. The summed E-state index contributed by atoms with van der Waals surface area (Å²) in [6, 6.07) is 3.42. The molecule has 1 fully saturated rings. The van der Waals surface area contributed by atoms with E-state index in [2.05, 4.69) is 0 Å². The number of rotatable bonds is 2. The van der Waals surface area contributed by atoms with Gasteiger partial charge in [-0.3, -0.25) is 4.79 Å². The molecule has 0 aromatic heterocycles. The van der Waals surface area contributed by atoms with Gasteiger partial charge in [-0.15, -0.1) is 0 Å². The van der Waals surface area contributed by atoms with Crippen LogP contribution in [0.15, 0.2) is 18.2 Å². The van der Waals surface area contributed by atoms with Crippen LogP contribution in [-0.4, -0.2) is 11.1 Å². The van der Waals surface area contributed by atoms with E-state index in [4.69, 9.17) is 5.73 Å². The molecule has 3 N–H and O–H groups in total. The van der Waals surface area contributed by atoms with Crippen molar-refractivity contribution in [3.63, 3.8) is 0 Å². The molecule has 0 amide bonds. The van der Waals surface area contributed by atoms with Crippen LogP contribution in [0.3, 0.4) is 0 Å². The Morgan fingerprint density at radius 3 is 2.44 bits per heavy atom. The van der Waals surface area contributed by atoms with Gasteiger partial charge in [0.1, 0.15) is 0 Å². The van der Waals surface area contributed by atoms with E-state index in [1.807, 2.05) is 0 Å². The van der Waals surface area contributed by atoms with Gasteiger partial charge < -0.3 is 10.8 Å². The Hall–Kier alpha value is -1.72. The summed E-state index contributed by atoms with van der Waals surface area (Å²) in [4.78, 5) is 11.3. The first kappa shape index (κ1) is 12.7. The summed E-state index contributed by atoms with van der Waals surface area (Å²) in [6.45, 7) is 1.69. The largest absolute Gasteiger partial charge is 0.481 e. The fourth-order valence-corrected chi connectivity index (χ4v) is 2.41. The normalized spacial score (nSPS) is 27.0. The van der Waals surface area contributed by atoms with E-state index < -0.39 is 28.8 Å². The van der Waals surface area contributed by atoms with Crippen molar-refractivity contribution in [2.45, 2.75) is 24.9 Å². The number of benzene rings is 1. The maximum absolute atomic E-state index is 12.7. The summed E-state index contributed by atoms with van der Waals surface area (Å²) < 4.78 is 38.1. The number of alkyl halides is 3. The fraction of sp³-hybridized carbons (Fsp3) is 0.417. The SMILES string of the molecule is CC1CC1(C(=O)O)c1cccc(C(F)(F)F)c1N. The van der Waals surface area contributed by atoms with Gasteiger partial charge >= 0.3 is 12.1 Å². The number of aliphatic carboxylic acids is 1. The van der Waals surface area contributed by atoms with E-state index in [1.165, 1.54) is 12.1 Å². The molecule has 0 heterocycles. The van der Waals surface area contributed by atoms with Crippen LogP contribution in [0.25, 0.3) is 0 Å². The molecule has 3 nitrogen and oxygen atoms in total. The lowest BCUT2D eigenvalue weighted by Crippen LogP contribution is -2.24. The van der Waals surface area contributed by atoms with Gasteiger partial charge in [0, 0.05) is 5.69 Å². The van der Waals surface area contributed by atoms with Crippen LogP contribution >= 0.6 is 0 Å². The molecule has 1 aliphatic carbocycles. The Bertz CT molecular complexity index is 513. The maximum Gasteiger partial charge on any atom is 0.418 e. The molecule has 0 radical (unpaired) electrons. The highest BCUT2D eigenvalue weighted by atomic mass is 19.4. The van der Waals surface area contributed by atoms with Gasteiger partial charge in [-0.05, 0) is 24.0 Å². The van der Waals surface area contributed by atoms with E-state index in [1.54, 1.807) is 6.92 Å². The van der Waals surface area contributed by atoms with Gasteiger partial charge in [-0.2, -0.15) is 13.2 Å². The lowest BCUT2D eigenvalue weighted by molar-refractivity contribution is -0.141. The van der Waals surface area contributed by atoms with E-state index in [9.17, 15) is 23.1 Å². The van der Waals surface area contributed by atoms with Gasteiger partial charge in [-0.25, -0.2) is 0 Å². The predicted molar refractivity (Wildman–Crippen MR) is 59.0 cm³/mol. The first-order valence-electron chi connectivity index (χ1n) is 5.41. The maximum atomic E-state index is 12.7. The molecule has 0 saturated heterocycles. The Balaban J connectivity index is 2.58. The quantitative estimate of drug-likeness (QED) is 0.802. The van der Waals surface area contributed by atoms with E-state index in [0.717, 1.165) is 6.07 Å². The highest BCUT2D eigenvalue weighted by molar-refractivity contribution is 5.88. The summed E-state index contributed by atoms with van der Waals surface area (Å²) in [5.41, 5.74) is 2.87. The Labute approximate surface area is 101 Å². The van der Waals surface area contributed by atoms with E-state index in [0.29, 0.717) is 6.42 Å². The second kappa shape index (κ2) is 3.63. The smallest absolute Gasteiger partial charge is 0.418 e. The predicted octanol–water partition coefficient (Wildman–Crippen LogP) is 2.65. The minimum absolute atomic E-state index is 0.0670. The number of carboxylic acid groups (broad SMARTS) is 1. The summed E-state index contributed by atoms with van der Waals surface area (Å²) in [5.74, 6) is -1.33. The van der Waals surface area contributed by atoms with Crippen molar-refractivity contribution in [3.8, 4) is 0 Å². The molecular weight excluding hydrogens is 247 g/mol. The van der Waals surface area contributed by atoms with Crippen molar-refractivity contribution in [3.05, 3.63) is 29.3 Å². The standard InChI is InChI=1S/C12H12F3NO2/c1-6-5-11(6,10(17)18)7-3-2-4-8(9(7)16)12(13,14)15/h2-4,6H,5,16H2,1H3,(H,17,18). The molecule has 2 unspecified atom stereocenters. The minimum Gasteiger partial charge on any atom is -0.481 e. The van der Waals surface area contributed by atoms with Crippen molar-refractivity contribution in [1.82, 2.24) is 0 Å². The minimum atomic E-state index is -4.57. The zero-order valence-electron chi connectivity index (χ0n) is 9.58. The number of halogens is 3. The molecule has 1 aromatic rings. The summed E-state index contributed by atoms with van der Waals surface area (Å²) in [7, 11) is 0. The fourth-order valence-electron chi connectivity index (χ4n) is 2.41. The third-order valence-electron chi connectivity index (χ3n) is 3.58. The molecule has 18 heavy (non-hydrogen) atoms. The number of carboxylic acids is 1. The molecule has 1 aromatic carbocycles. The number of nitrogen functional groups attached to an aromatic ring is 1. The van der Waals surface area contributed by atoms with Gasteiger partial charge in [0.2, 0.25) is 0 Å². The molecule has 0 bridgehead atoms. The van der Waals surface area contributed by atoms with E-state index in [-0.39, 0.29) is 11.5 Å². The molecule has 2 rings (SSSR count). The summed E-state index contributed by atoms with van der Waals surface area (Å²) in [6.07, 6.45) is -4.26. The first-order valence-corrected chi connectivity index (χ1v) is 5.41. The number of hydrogen-bond acceptors (Lipinski definition) is 2. The lowest BCUT2D eigenvalue weighted by Gasteiger charge is -2.18. The van der Waals surface area contributed by atoms with Gasteiger partial charge in [-0.1, -0.05) is 19.1 Å². The first-order chi connectivity index (χ1) is 8.21. The monoisotopic (exact) mass is 259 g/mol. The van der Waals surface area contributed by atoms with Gasteiger partial charge in [0.15, 0.2) is 0 Å². The van der Waals surface area contributed by atoms with Crippen LogP contribution in [-0.2, 0) is 16.4 Å². The lowest BCUT2D eigenvalue weighted by atomic mass is 9.90. The second-order valence-electron chi connectivity index (χ2n) is 4.65. The Kier molecular flexibility index (Phi) is 2.57. The van der Waals surface area contributed by atoms with Crippen molar-refractivity contribution in [2.75, 3.05) is 5.73 Å². The van der Waals surface area contributed by atoms with Crippen molar-refractivity contribution < 1.29 is 23.1 Å². The summed E-state index contributed by atoms with van der Waals surface area (Å²) in [5, 5.41) is 9.21. The molecular formula is C12H12F3NO2. The zero-order valence-corrected chi connectivity index (χ0v) is 9.58. The number of para-hydroxylation sites is 1. The van der Waals surface area contributed by atoms with Crippen molar-refractivity contribution >= 4 is 11.7 Å². The van der Waals surface area contributed by atoms with Gasteiger partial charge in [0.05, 0.1) is 11.0 Å². The second-order valence-corrected chi connectivity index (χ2v) is 4.65. The Morgan fingerprint density at radius 2 is 2.06 bits per heavy atom. The third-order valence-corrected chi connectivity index (χ3v) is 3.58. The molecule has 6 heteroatoms. The highest BCUT2D eigenvalue weighted by Crippen LogP contribution is 2.56. The molecule has 1 saturated carbocycles. The number of hydrogen-bond donors (Lipinski definition) is 2. The van der Waals surface area contributed by atoms with Crippen LogP contribution in [0.4, 0.5) is 18.9 Å². The number of carbonyl (C=O) groups is 1. The average Bonchev–Trinajstić information content (AvgIpc) is 2.90. The van der Waals surface area contributed by atoms with Crippen LogP contribution in [0.1, 0.15) is 24.5 Å². The topological polar surface area (TPSA) is 63.3 Å². The third kappa shape index (κ3) is 1.63. The molecule has 2 atom stereocenters. The van der Waals surface area contributed by atoms with Crippen LogP contribution in [0, 0.1) is 5.92 Å². The average molecular weight is 259 g/mol. The number of nitrogens with two attached hydrogens (primary N) is 1. The van der Waals surface area contributed by atoms with Crippen LogP contribution in [0.2, 0.25) is 0 Å².